The molecule has 29 heavy (non-hydrogen) atoms. The molecule has 2 aliphatic carbocycles. The summed E-state index contributed by atoms with van der Waals surface area (Å²) in [6, 6.07) is 15.1. The minimum Gasteiger partial charge on any atom is -0.480 e. The van der Waals surface area contributed by atoms with Gasteiger partial charge >= 0.3 is 12.1 Å². The molecular formula is C22H22N2O5. The van der Waals surface area contributed by atoms with Crippen molar-refractivity contribution in [3.05, 3.63) is 59.7 Å². The second-order valence-corrected chi connectivity index (χ2v) is 7.57. The fraction of sp³-hybridized carbons (Fsp3) is 0.318. The molecule has 0 aromatic heterocycles. The van der Waals surface area contributed by atoms with Crippen LogP contribution in [0.3, 0.4) is 0 Å². The highest BCUT2D eigenvalue weighted by atomic mass is 16.5. The Balaban J connectivity index is 1.41. The van der Waals surface area contributed by atoms with Crippen molar-refractivity contribution < 1.29 is 24.2 Å². The largest absolute Gasteiger partial charge is 0.480 e. The molecule has 2 amide bonds. The van der Waals surface area contributed by atoms with Crippen molar-refractivity contribution in [2.24, 2.45) is 0 Å². The van der Waals surface area contributed by atoms with Gasteiger partial charge in [0.15, 0.2) is 0 Å². The van der Waals surface area contributed by atoms with E-state index in [1.165, 1.54) is 6.92 Å². The number of hydrogen-bond acceptors (Lipinski definition) is 4. The minimum atomic E-state index is -1.13. The molecule has 2 aromatic carbocycles. The predicted molar refractivity (Wildman–Crippen MR) is 105 cm³/mol. The summed E-state index contributed by atoms with van der Waals surface area (Å²) in [6.45, 7) is 1.53. The van der Waals surface area contributed by atoms with E-state index in [9.17, 15) is 14.4 Å². The van der Waals surface area contributed by atoms with Gasteiger partial charge in [0, 0.05) is 5.92 Å². The third-order valence-electron chi connectivity index (χ3n) is 5.59. The predicted octanol–water partition coefficient (Wildman–Crippen LogP) is 2.65. The number of nitrogens with one attached hydrogen (secondary N) is 2. The first-order chi connectivity index (χ1) is 13.9. The Bertz CT molecular complexity index is 937. The van der Waals surface area contributed by atoms with Crippen LogP contribution in [0, 0.1) is 0 Å². The molecule has 4 rings (SSSR count). The number of hydrogen-bond donors (Lipinski definition) is 3. The van der Waals surface area contributed by atoms with Crippen molar-refractivity contribution in [3.63, 3.8) is 0 Å². The molecule has 3 N–H and O–H groups in total. The van der Waals surface area contributed by atoms with E-state index in [0.717, 1.165) is 22.3 Å². The molecule has 1 atom stereocenters. The molecule has 1 saturated carbocycles. The number of aliphatic carboxylic acids is 1. The van der Waals surface area contributed by atoms with Gasteiger partial charge < -0.3 is 20.5 Å². The van der Waals surface area contributed by atoms with E-state index in [-0.39, 0.29) is 12.5 Å². The van der Waals surface area contributed by atoms with Crippen LogP contribution in [0.4, 0.5) is 4.79 Å². The highest BCUT2D eigenvalue weighted by Gasteiger charge is 2.52. The van der Waals surface area contributed by atoms with E-state index in [1.54, 1.807) is 0 Å². The number of fused-ring (bicyclic) bond motifs is 3. The summed E-state index contributed by atoms with van der Waals surface area (Å²) >= 11 is 0. The van der Waals surface area contributed by atoms with Crippen molar-refractivity contribution in [1.29, 1.82) is 0 Å². The van der Waals surface area contributed by atoms with Crippen LogP contribution in [0.2, 0.25) is 0 Å². The lowest BCUT2D eigenvalue weighted by molar-refractivity contribution is -0.141. The molecule has 2 aromatic rings. The zero-order valence-corrected chi connectivity index (χ0v) is 16.0. The lowest BCUT2D eigenvalue weighted by Gasteiger charge is -2.20. The van der Waals surface area contributed by atoms with Crippen LogP contribution < -0.4 is 10.6 Å². The fourth-order valence-electron chi connectivity index (χ4n) is 3.76. The topological polar surface area (TPSA) is 105 Å². The van der Waals surface area contributed by atoms with Gasteiger partial charge in [-0.05, 0) is 42.0 Å². The van der Waals surface area contributed by atoms with Gasteiger partial charge in [0.25, 0.3) is 0 Å². The monoisotopic (exact) mass is 394 g/mol. The second kappa shape index (κ2) is 7.24. The number of alkyl carbamates (subject to hydrolysis) is 1. The maximum atomic E-state index is 12.4. The Hall–Kier alpha value is -3.35. The molecule has 0 heterocycles. The first-order valence-electron chi connectivity index (χ1n) is 9.58. The van der Waals surface area contributed by atoms with Crippen LogP contribution in [0.5, 0.6) is 0 Å². The lowest BCUT2D eigenvalue weighted by Crippen LogP contribution is -2.52. The molecule has 7 nitrogen and oxygen atoms in total. The van der Waals surface area contributed by atoms with Crippen molar-refractivity contribution in [2.45, 2.75) is 37.3 Å². The number of ether oxygens (including phenoxy) is 1. The zero-order chi connectivity index (χ0) is 20.6. The van der Waals surface area contributed by atoms with E-state index < -0.39 is 29.6 Å². The summed E-state index contributed by atoms with van der Waals surface area (Å²) in [5.41, 5.74) is 3.41. The van der Waals surface area contributed by atoms with E-state index in [0.29, 0.717) is 12.8 Å². The highest BCUT2D eigenvalue weighted by molar-refractivity contribution is 5.95. The molecular weight excluding hydrogens is 372 g/mol. The number of benzene rings is 2. The normalized spacial score (nSPS) is 16.9. The summed E-state index contributed by atoms with van der Waals surface area (Å²) in [6.07, 6.45) is 0.229. The highest BCUT2D eigenvalue weighted by Crippen LogP contribution is 2.44. The number of carbonyl (C=O) groups excluding carboxylic acids is 2. The van der Waals surface area contributed by atoms with E-state index in [2.05, 4.69) is 22.8 Å². The Morgan fingerprint density at radius 2 is 1.62 bits per heavy atom. The van der Waals surface area contributed by atoms with Crippen LogP contribution in [0.25, 0.3) is 11.1 Å². The Morgan fingerprint density at radius 1 is 1.07 bits per heavy atom. The number of carbonyl (C=O) groups is 3. The maximum absolute atomic E-state index is 12.4. The van der Waals surface area contributed by atoms with Gasteiger partial charge in [-0.3, -0.25) is 9.59 Å². The third kappa shape index (κ3) is 3.55. The second-order valence-electron chi connectivity index (χ2n) is 7.57. The number of carboxylic acids is 1. The fourth-order valence-corrected chi connectivity index (χ4v) is 3.76. The molecule has 2 aliphatic rings. The molecule has 0 aliphatic heterocycles. The van der Waals surface area contributed by atoms with Crippen LogP contribution in [0.15, 0.2) is 48.5 Å². The molecule has 7 heteroatoms. The molecule has 0 bridgehead atoms. The molecule has 0 saturated heterocycles. The van der Waals surface area contributed by atoms with E-state index in [4.69, 9.17) is 9.84 Å². The van der Waals surface area contributed by atoms with Gasteiger partial charge in [0.2, 0.25) is 5.91 Å². The summed E-state index contributed by atoms with van der Waals surface area (Å²) in [7, 11) is 0. The molecule has 1 fully saturated rings. The summed E-state index contributed by atoms with van der Waals surface area (Å²) < 4.78 is 5.47. The first-order valence-corrected chi connectivity index (χ1v) is 9.58. The van der Waals surface area contributed by atoms with Crippen LogP contribution >= 0.6 is 0 Å². The van der Waals surface area contributed by atoms with Gasteiger partial charge in [-0.15, -0.1) is 0 Å². The van der Waals surface area contributed by atoms with E-state index >= 15 is 0 Å². The van der Waals surface area contributed by atoms with Crippen LogP contribution in [-0.2, 0) is 14.3 Å². The molecule has 150 valence electrons. The van der Waals surface area contributed by atoms with Crippen LogP contribution in [-0.4, -0.2) is 41.3 Å². The van der Waals surface area contributed by atoms with Crippen molar-refractivity contribution >= 4 is 18.0 Å². The van der Waals surface area contributed by atoms with Gasteiger partial charge in [-0.25, -0.2) is 4.79 Å². The standard InChI is InChI=1S/C22H22N2O5/c1-13(19(25)26)23-20(27)22(10-11-22)24-21(28)29-12-18-16-8-4-2-6-14(16)15-7-3-5-9-17(15)18/h2-9,13,18H,10-12H2,1H3,(H,23,27)(H,24,28)(H,25,26). The summed E-state index contributed by atoms with van der Waals surface area (Å²) in [5.74, 6) is -1.69. The quantitative estimate of drug-likeness (QED) is 0.699. The average Bonchev–Trinajstić information content (AvgIpc) is 3.42. The molecule has 1 unspecified atom stereocenters. The molecule has 0 spiro atoms. The number of rotatable bonds is 6. The van der Waals surface area contributed by atoms with Gasteiger partial charge in [0.1, 0.15) is 18.2 Å². The Labute approximate surface area is 168 Å². The smallest absolute Gasteiger partial charge is 0.408 e. The summed E-state index contributed by atoms with van der Waals surface area (Å²) in [4.78, 5) is 35.6. The van der Waals surface area contributed by atoms with Gasteiger partial charge in [-0.2, -0.15) is 0 Å². The third-order valence-corrected chi connectivity index (χ3v) is 5.59. The first kappa shape index (κ1) is 19.0. The van der Waals surface area contributed by atoms with Crippen molar-refractivity contribution in [3.8, 4) is 11.1 Å². The summed E-state index contributed by atoms with van der Waals surface area (Å²) in [5, 5.41) is 14.0. The average molecular weight is 394 g/mol. The van der Waals surface area contributed by atoms with Crippen molar-refractivity contribution in [1.82, 2.24) is 10.6 Å². The molecule has 0 radical (unpaired) electrons. The Kier molecular flexibility index (Phi) is 4.74. The minimum absolute atomic E-state index is 0.0656. The van der Waals surface area contributed by atoms with E-state index in [1.807, 2.05) is 36.4 Å². The van der Waals surface area contributed by atoms with Crippen molar-refractivity contribution in [2.75, 3.05) is 6.61 Å². The SMILES string of the molecule is CC(NC(=O)C1(NC(=O)OCC2c3ccccc3-c3ccccc32)CC1)C(=O)O. The van der Waals surface area contributed by atoms with Gasteiger partial charge in [0.05, 0.1) is 0 Å². The Morgan fingerprint density at radius 3 is 2.14 bits per heavy atom. The maximum Gasteiger partial charge on any atom is 0.408 e. The number of carboxylic acid groups (broad SMARTS) is 1. The lowest BCUT2D eigenvalue weighted by atomic mass is 9.98. The van der Waals surface area contributed by atoms with Crippen LogP contribution in [0.1, 0.15) is 36.8 Å². The van der Waals surface area contributed by atoms with Gasteiger partial charge in [-0.1, -0.05) is 48.5 Å². The number of amides is 2. The zero-order valence-electron chi connectivity index (χ0n) is 16.0.